The number of hydrogen-bond donors (Lipinski definition) is 2. The number of rotatable bonds is 7. The van der Waals surface area contributed by atoms with Crippen molar-refractivity contribution in [2.24, 2.45) is 0 Å². The van der Waals surface area contributed by atoms with E-state index in [2.05, 4.69) is 15.0 Å². The molecule has 0 aliphatic carbocycles. The third kappa shape index (κ3) is 5.13. The Morgan fingerprint density at radius 3 is 2.53 bits per heavy atom. The van der Waals surface area contributed by atoms with Gasteiger partial charge in [0.05, 0.1) is 5.75 Å². The Morgan fingerprint density at radius 2 is 1.95 bits per heavy atom. The number of anilines is 1. The fraction of sp³-hybridized carbons (Fsp3) is 0.500. The van der Waals surface area contributed by atoms with Crippen molar-refractivity contribution in [3.8, 4) is 0 Å². The van der Waals surface area contributed by atoms with Crippen LogP contribution in [0.15, 0.2) is 23.2 Å². The third-order valence-corrected chi connectivity index (χ3v) is 4.80. The minimum Gasteiger partial charge on any atom is -0.368 e. The molecule has 0 radical (unpaired) electrons. The average Bonchev–Trinajstić information content (AvgIpc) is 2.28. The van der Waals surface area contributed by atoms with Crippen molar-refractivity contribution in [3.63, 3.8) is 0 Å². The summed E-state index contributed by atoms with van der Waals surface area (Å²) < 4.78 is 48.2. The van der Waals surface area contributed by atoms with E-state index in [0.29, 0.717) is 6.54 Å². The van der Waals surface area contributed by atoms with E-state index in [0.717, 1.165) is 6.26 Å². The molecule has 0 aliphatic rings. The topological polar surface area (TPSA) is 105 Å². The van der Waals surface area contributed by atoms with Crippen molar-refractivity contribution in [1.82, 2.24) is 9.71 Å². The highest BCUT2D eigenvalue weighted by atomic mass is 32.2. The molecule has 0 amide bonds. The molecule has 0 atom stereocenters. The van der Waals surface area contributed by atoms with Crippen molar-refractivity contribution >= 4 is 25.7 Å². The van der Waals surface area contributed by atoms with Gasteiger partial charge in [0, 0.05) is 25.5 Å². The predicted molar refractivity (Wildman–Crippen MR) is 73.3 cm³/mol. The number of hydrogen-bond acceptors (Lipinski definition) is 6. The first kappa shape index (κ1) is 15.9. The zero-order chi connectivity index (χ0) is 14.5. The first-order chi connectivity index (χ1) is 8.76. The average molecular weight is 307 g/mol. The van der Waals surface area contributed by atoms with E-state index in [1.165, 1.54) is 18.3 Å². The van der Waals surface area contributed by atoms with Crippen LogP contribution in [0.25, 0.3) is 0 Å². The van der Waals surface area contributed by atoms with Crippen LogP contribution in [0.1, 0.15) is 6.92 Å². The van der Waals surface area contributed by atoms with Crippen molar-refractivity contribution in [2.45, 2.75) is 11.8 Å². The van der Waals surface area contributed by atoms with E-state index in [9.17, 15) is 16.8 Å². The van der Waals surface area contributed by atoms with Gasteiger partial charge in [-0.2, -0.15) is 0 Å². The Morgan fingerprint density at radius 1 is 1.26 bits per heavy atom. The van der Waals surface area contributed by atoms with Crippen LogP contribution in [0.3, 0.4) is 0 Å². The second kappa shape index (κ2) is 6.31. The minimum atomic E-state index is -3.40. The Kier molecular flexibility index (Phi) is 5.27. The molecule has 1 heterocycles. The molecule has 0 saturated carbocycles. The second-order valence-corrected chi connectivity index (χ2v) is 7.78. The molecule has 19 heavy (non-hydrogen) atoms. The molecule has 0 aliphatic heterocycles. The van der Waals surface area contributed by atoms with Crippen LogP contribution in [-0.4, -0.2) is 46.9 Å². The number of sulfone groups is 1. The lowest BCUT2D eigenvalue weighted by Crippen LogP contribution is -2.29. The second-order valence-electron chi connectivity index (χ2n) is 3.87. The molecule has 1 rings (SSSR count). The van der Waals surface area contributed by atoms with Crippen LogP contribution in [0.2, 0.25) is 0 Å². The van der Waals surface area contributed by atoms with Gasteiger partial charge in [0.2, 0.25) is 10.0 Å². The molecule has 0 bridgehead atoms. The van der Waals surface area contributed by atoms with Crippen LogP contribution in [0, 0.1) is 0 Å². The Labute approximate surface area is 113 Å². The van der Waals surface area contributed by atoms with E-state index < -0.39 is 19.9 Å². The SMILES string of the molecule is CCNS(=O)(=O)CCNc1ncccc1S(C)(=O)=O. The summed E-state index contributed by atoms with van der Waals surface area (Å²) in [5.41, 5.74) is 0. The number of sulfonamides is 1. The molecule has 0 spiro atoms. The fourth-order valence-corrected chi connectivity index (χ4v) is 3.18. The van der Waals surface area contributed by atoms with Gasteiger partial charge in [-0.15, -0.1) is 0 Å². The van der Waals surface area contributed by atoms with Gasteiger partial charge in [0.15, 0.2) is 9.84 Å². The maximum absolute atomic E-state index is 11.5. The molecule has 0 unspecified atom stereocenters. The van der Waals surface area contributed by atoms with Gasteiger partial charge in [0.25, 0.3) is 0 Å². The first-order valence-corrected chi connectivity index (χ1v) is 9.17. The van der Waals surface area contributed by atoms with E-state index in [1.54, 1.807) is 6.92 Å². The van der Waals surface area contributed by atoms with Gasteiger partial charge >= 0.3 is 0 Å². The number of nitrogens with zero attached hydrogens (tertiary/aromatic N) is 1. The number of nitrogens with one attached hydrogen (secondary N) is 2. The molecule has 2 N–H and O–H groups in total. The van der Waals surface area contributed by atoms with Crippen molar-refractivity contribution < 1.29 is 16.8 Å². The fourth-order valence-electron chi connectivity index (χ4n) is 1.42. The van der Waals surface area contributed by atoms with E-state index in [-0.39, 0.29) is 23.0 Å². The molecule has 0 saturated heterocycles. The highest BCUT2D eigenvalue weighted by Crippen LogP contribution is 2.17. The van der Waals surface area contributed by atoms with Crippen molar-refractivity contribution in [3.05, 3.63) is 18.3 Å². The largest absolute Gasteiger partial charge is 0.368 e. The Bertz CT molecular complexity index is 626. The summed E-state index contributed by atoms with van der Waals surface area (Å²) in [6.45, 7) is 2.08. The van der Waals surface area contributed by atoms with Gasteiger partial charge in [-0.3, -0.25) is 0 Å². The van der Waals surface area contributed by atoms with Crippen LogP contribution in [-0.2, 0) is 19.9 Å². The monoisotopic (exact) mass is 307 g/mol. The van der Waals surface area contributed by atoms with Crippen LogP contribution in [0.5, 0.6) is 0 Å². The Balaban J connectivity index is 2.75. The zero-order valence-corrected chi connectivity index (χ0v) is 12.4. The molecule has 0 fully saturated rings. The van der Waals surface area contributed by atoms with Crippen molar-refractivity contribution in [2.75, 3.05) is 30.4 Å². The molecular weight excluding hydrogens is 290 g/mol. The molecule has 108 valence electrons. The summed E-state index contributed by atoms with van der Waals surface area (Å²) in [6, 6.07) is 2.93. The van der Waals surface area contributed by atoms with E-state index >= 15 is 0 Å². The highest BCUT2D eigenvalue weighted by molar-refractivity contribution is 7.91. The summed E-state index contributed by atoms with van der Waals surface area (Å²) in [7, 11) is -6.74. The molecule has 9 heteroatoms. The quantitative estimate of drug-likeness (QED) is 0.725. The van der Waals surface area contributed by atoms with Gasteiger partial charge in [-0.05, 0) is 12.1 Å². The van der Waals surface area contributed by atoms with Crippen molar-refractivity contribution in [1.29, 1.82) is 0 Å². The molecule has 1 aromatic heterocycles. The summed E-state index contributed by atoms with van der Waals surface area (Å²) in [5, 5.41) is 2.72. The third-order valence-electron chi connectivity index (χ3n) is 2.20. The van der Waals surface area contributed by atoms with Gasteiger partial charge in [-0.25, -0.2) is 26.5 Å². The van der Waals surface area contributed by atoms with Crippen LogP contribution >= 0.6 is 0 Å². The molecule has 0 aromatic carbocycles. The molecule has 7 nitrogen and oxygen atoms in total. The molecular formula is C10H17N3O4S2. The van der Waals surface area contributed by atoms with Gasteiger partial charge in [-0.1, -0.05) is 6.92 Å². The van der Waals surface area contributed by atoms with Gasteiger partial charge in [0.1, 0.15) is 10.7 Å². The number of aromatic nitrogens is 1. The zero-order valence-electron chi connectivity index (χ0n) is 10.8. The minimum absolute atomic E-state index is 0.0517. The smallest absolute Gasteiger partial charge is 0.213 e. The lowest BCUT2D eigenvalue weighted by Gasteiger charge is -2.09. The summed E-state index contributed by atoms with van der Waals surface area (Å²) in [4.78, 5) is 3.96. The summed E-state index contributed by atoms with van der Waals surface area (Å²) in [5.74, 6) is 0.0114. The summed E-state index contributed by atoms with van der Waals surface area (Å²) >= 11 is 0. The van der Waals surface area contributed by atoms with Gasteiger partial charge < -0.3 is 5.32 Å². The maximum atomic E-state index is 11.5. The number of pyridine rings is 1. The highest BCUT2D eigenvalue weighted by Gasteiger charge is 2.14. The normalized spacial score (nSPS) is 12.3. The predicted octanol–water partition coefficient (Wildman–Crippen LogP) is -0.164. The summed E-state index contributed by atoms with van der Waals surface area (Å²) in [6.07, 6.45) is 2.51. The van der Waals surface area contributed by atoms with E-state index in [1.807, 2.05) is 0 Å². The van der Waals surface area contributed by atoms with Crippen LogP contribution in [0.4, 0.5) is 5.82 Å². The lowest BCUT2D eigenvalue weighted by atomic mass is 10.4. The standard InChI is InChI=1S/C10H17N3O4S2/c1-3-13-19(16,17)8-7-12-10-9(18(2,14)15)5-4-6-11-10/h4-6,13H,3,7-8H2,1-2H3,(H,11,12). The Hall–Kier alpha value is -1.19. The maximum Gasteiger partial charge on any atom is 0.213 e. The first-order valence-electron chi connectivity index (χ1n) is 5.62. The van der Waals surface area contributed by atoms with E-state index in [4.69, 9.17) is 0 Å². The molecule has 1 aromatic rings. The lowest BCUT2D eigenvalue weighted by molar-refractivity contribution is 0.584. The van der Waals surface area contributed by atoms with Crippen LogP contribution < -0.4 is 10.0 Å².